The molecule has 0 N–H and O–H groups in total. The number of rotatable bonds is 8. The standard InChI is InChI=1S/C32H28ClFN2O5S/c1-5-40-31(38)26-27(20-9-7-6-8-10-20)35-32-36(28(26)21-11-13-22(34)14-12-21)30(37)25(42-32)17-19-15-23(33)29(41-18(2)3)24(16-19)39-4/h6-18,28H,5H2,1-4H3/b25-17-/t28-/m0/s1. The van der Waals surface area contributed by atoms with E-state index in [1.165, 1.54) is 35.1 Å². The van der Waals surface area contributed by atoms with Gasteiger partial charge >= 0.3 is 5.97 Å². The van der Waals surface area contributed by atoms with Crippen molar-refractivity contribution in [3.05, 3.63) is 120 Å². The summed E-state index contributed by atoms with van der Waals surface area (Å²) < 4.78 is 32.6. The van der Waals surface area contributed by atoms with Gasteiger partial charge in [0.15, 0.2) is 16.3 Å². The molecule has 7 nitrogen and oxygen atoms in total. The summed E-state index contributed by atoms with van der Waals surface area (Å²) in [5.41, 5.74) is 2.03. The second-order valence-electron chi connectivity index (χ2n) is 9.68. The van der Waals surface area contributed by atoms with Crippen molar-refractivity contribution < 1.29 is 23.4 Å². The number of carbonyl (C=O) groups excluding carboxylic acids is 1. The van der Waals surface area contributed by atoms with Crippen LogP contribution in [0.2, 0.25) is 5.02 Å². The van der Waals surface area contributed by atoms with E-state index in [0.717, 1.165) is 0 Å². The zero-order valence-electron chi connectivity index (χ0n) is 23.4. The van der Waals surface area contributed by atoms with E-state index in [1.54, 1.807) is 37.3 Å². The Balaban J connectivity index is 1.77. The zero-order chi connectivity index (χ0) is 30.0. The van der Waals surface area contributed by atoms with E-state index in [0.29, 0.717) is 48.2 Å². The number of nitrogens with zero attached hydrogens (tertiary/aromatic N) is 2. The number of fused-ring (bicyclic) bond motifs is 1. The highest BCUT2D eigenvalue weighted by molar-refractivity contribution is 7.07. The maximum atomic E-state index is 14.0. The van der Waals surface area contributed by atoms with Crippen LogP contribution in [-0.4, -0.2) is 30.4 Å². The molecule has 0 fully saturated rings. The normalized spacial score (nSPS) is 14.9. The van der Waals surface area contributed by atoms with Crippen molar-refractivity contribution in [3.8, 4) is 11.5 Å². The Morgan fingerprint density at radius 3 is 2.50 bits per heavy atom. The highest BCUT2D eigenvalue weighted by Gasteiger charge is 2.35. The van der Waals surface area contributed by atoms with Crippen LogP contribution in [0.5, 0.6) is 11.5 Å². The second kappa shape index (κ2) is 12.3. The van der Waals surface area contributed by atoms with Crippen molar-refractivity contribution in [1.29, 1.82) is 0 Å². The summed E-state index contributed by atoms with van der Waals surface area (Å²) in [6.07, 6.45) is 1.57. The average Bonchev–Trinajstić information content (AvgIpc) is 3.28. The Kier molecular flexibility index (Phi) is 8.61. The second-order valence-corrected chi connectivity index (χ2v) is 11.1. The lowest BCUT2D eigenvalue weighted by molar-refractivity contribution is -0.138. The molecule has 0 amide bonds. The van der Waals surface area contributed by atoms with Crippen molar-refractivity contribution in [2.45, 2.75) is 32.9 Å². The van der Waals surface area contributed by atoms with Crippen molar-refractivity contribution in [2.24, 2.45) is 4.99 Å². The molecule has 0 aliphatic carbocycles. The summed E-state index contributed by atoms with van der Waals surface area (Å²) in [5.74, 6) is -0.209. The van der Waals surface area contributed by atoms with Gasteiger partial charge in [0.25, 0.3) is 5.56 Å². The van der Waals surface area contributed by atoms with Gasteiger partial charge in [-0.3, -0.25) is 9.36 Å². The molecule has 4 aromatic rings. The molecule has 5 rings (SSSR count). The van der Waals surface area contributed by atoms with Crippen molar-refractivity contribution in [2.75, 3.05) is 13.7 Å². The van der Waals surface area contributed by atoms with Gasteiger partial charge in [0.1, 0.15) is 5.82 Å². The van der Waals surface area contributed by atoms with E-state index in [9.17, 15) is 14.0 Å². The molecular formula is C32H28ClFN2O5S. The van der Waals surface area contributed by atoms with E-state index >= 15 is 0 Å². The minimum Gasteiger partial charge on any atom is -0.493 e. The van der Waals surface area contributed by atoms with Crippen molar-refractivity contribution >= 4 is 40.7 Å². The van der Waals surface area contributed by atoms with Gasteiger partial charge in [-0.15, -0.1) is 0 Å². The van der Waals surface area contributed by atoms with Gasteiger partial charge in [-0.2, -0.15) is 0 Å². The minimum atomic E-state index is -0.904. The molecule has 42 heavy (non-hydrogen) atoms. The number of carbonyl (C=O) groups is 1. The lowest BCUT2D eigenvalue weighted by Gasteiger charge is -2.25. The largest absolute Gasteiger partial charge is 0.493 e. The third kappa shape index (κ3) is 5.75. The highest BCUT2D eigenvalue weighted by atomic mass is 35.5. The van der Waals surface area contributed by atoms with E-state index < -0.39 is 17.8 Å². The molecule has 0 saturated heterocycles. The molecule has 1 aromatic heterocycles. The Hall–Kier alpha value is -4.21. The van der Waals surface area contributed by atoms with Crippen LogP contribution in [0.15, 0.2) is 82.1 Å². The first-order valence-corrected chi connectivity index (χ1v) is 14.5. The maximum Gasteiger partial charge on any atom is 0.338 e. The molecule has 0 radical (unpaired) electrons. The number of hydrogen-bond acceptors (Lipinski definition) is 7. The van der Waals surface area contributed by atoms with Crippen molar-refractivity contribution in [3.63, 3.8) is 0 Å². The molecule has 1 aliphatic rings. The SMILES string of the molecule is CCOC(=O)C1=C(c2ccccc2)N=c2s/c(=C\c3cc(Cl)c(OC(C)C)c(OC)c3)c(=O)n2[C@H]1c1ccc(F)cc1. The highest BCUT2D eigenvalue weighted by Crippen LogP contribution is 2.38. The average molecular weight is 607 g/mol. The van der Waals surface area contributed by atoms with E-state index in [4.69, 9.17) is 30.8 Å². The summed E-state index contributed by atoms with van der Waals surface area (Å²) in [4.78, 5) is 32.7. The van der Waals surface area contributed by atoms with Gasteiger partial charge in [0, 0.05) is 5.56 Å². The topological polar surface area (TPSA) is 79.1 Å². The number of aromatic nitrogens is 1. The van der Waals surface area contributed by atoms with Crippen LogP contribution in [0.25, 0.3) is 11.8 Å². The lowest BCUT2D eigenvalue weighted by atomic mass is 9.93. The predicted octanol–water partition coefficient (Wildman–Crippen LogP) is 5.52. The predicted molar refractivity (Wildman–Crippen MR) is 161 cm³/mol. The van der Waals surface area contributed by atoms with E-state index in [-0.39, 0.29) is 23.8 Å². The molecule has 1 atom stereocenters. The number of hydrogen-bond donors (Lipinski definition) is 0. The molecule has 10 heteroatoms. The molecule has 1 aliphatic heterocycles. The van der Waals surface area contributed by atoms with Crippen LogP contribution in [0.4, 0.5) is 4.39 Å². The number of benzene rings is 3. The number of ether oxygens (including phenoxy) is 3. The Morgan fingerprint density at radius 1 is 1.14 bits per heavy atom. The van der Waals surface area contributed by atoms with Crippen LogP contribution in [0, 0.1) is 5.82 Å². The molecule has 216 valence electrons. The molecule has 2 heterocycles. The minimum absolute atomic E-state index is 0.121. The fraction of sp³-hybridized carbons (Fsp3) is 0.219. The fourth-order valence-corrected chi connectivity index (χ4v) is 5.99. The zero-order valence-corrected chi connectivity index (χ0v) is 25.0. The summed E-state index contributed by atoms with van der Waals surface area (Å²) in [5, 5.41) is 0.335. The number of halogens is 2. The Morgan fingerprint density at radius 2 is 1.86 bits per heavy atom. The third-order valence-corrected chi connectivity index (χ3v) is 7.73. The van der Waals surface area contributed by atoms with Crippen LogP contribution < -0.4 is 24.4 Å². The van der Waals surface area contributed by atoms with Gasteiger partial charge in [-0.1, -0.05) is 65.4 Å². The summed E-state index contributed by atoms with van der Waals surface area (Å²) in [6.45, 7) is 5.61. The number of thiazole rings is 1. The first-order valence-electron chi connectivity index (χ1n) is 13.3. The number of methoxy groups -OCH3 is 1. The monoisotopic (exact) mass is 606 g/mol. The summed E-state index contributed by atoms with van der Waals surface area (Å²) in [6, 6.07) is 17.4. The van der Waals surface area contributed by atoms with E-state index in [2.05, 4.69) is 0 Å². The summed E-state index contributed by atoms with van der Waals surface area (Å²) in [7, 11) is 1.52. The van der Waals surface area contributed by atoms with Crippen molar-refractivity contribution in [1.82, 2.24) is 4.57 Å². The first kappa shape index (κ1) is 29.3. The van der Waals surface area contributed by atoms with Crippen LogP contribution in [-0.2, 0) is 9.53 Å². The van der Waals surface area contributed by atoms with Crippen LogP contribution >= 0.6 is 22.9 Å². The Bertz CT molecular complexity index is 1850. The van der Waals surface area contributed by atoms with Crippen LogP contribution in [0.3, 0.4) is 0 Å². The Labute approximate surface area is 250 Å². The summed E-state index contributed by atoms with van der Waals surface area (Å²) >= 11 is 7.71. The number of esters is 1. The van der Waals surface area contributed by atoms with Crippen LogP contribution in [0.1, 0.15) is 43.5 Å². The molecule has 3 aromatic carbocycles. The van der Waals surface area contributed by atoms with Gasteiger partial charge in [0.05, 0.1) is 46.7 Å². The maximum absolute atomic E-state index is 14.0. The van der Waals surface area contributed by atoms with Gasteiger partial charge < -0.3 is 14.2 Å². The van der Waals surface area contributed by atoms with E-state index in [1.807, 2.05) is 44.2 Å². The van der Waals surface area contributed by atoms with Gasteiger partial charge in [-0.25, -0.2) is 14.2 Å². The lowest BCUT2D eigenvalue weighted by Crippen LogP contribution is -2.40. The van der Waals surface area contributed by atoms with Gasteiger partial charge in [-0.05, 0) is 62.2 Å². The molecule has 0 bridgehead atoms. The molecule has 0 unspecified atom stereocenters. The van der Waals surface area contributed by atoms with Gasteiger partial charge in [0.2, 0.25) is 0 Å². The smallest absolute Gasteiger partial charge is 0.338 e. The quantitative estimate of drug-likeness (QED) is 0.247. The third-order valence-electron chi connectivity index (χ3n) is 6.46. The molecule has 0 saturated carbocycles. The first-order chi connectivity index (χ1) is 20.2. The molecular weight excluding hydrogens is 579 g/mol. The molecule has 0 spiro atoms. The fourth-order valence-electron chi connectivity index (χ4n) is 4.73.